The van der Waals surface area contributed by atoms with Gasteiger partial charge in [0.15, 0.2) is 0 Å². The van der Waals surface area contributed by atoms with Crippen LogP contribution in [0.25, 0.3) is 10.9 Å². The van der Waals surface area contributed by atoms with Gasteiger partial charge in [-0.3, -0.25) is 14.8 Å². The Kier molecular flexibility index (Phi) is 4.75. The Morgan fingerprint density at radius 1 is 1.25 bits per heavy atom. The second kappa shape index (κ2) is 7.23. The van der Waals surface area contributed by atoms with Crippen LogP contribution in [0.4, 0.5) is 0 Å². The number of hydrogen-bond acceptors (Lipinski definition) is 4. The van der Waals surface area contributed by atoms with Crippen molar-refractivity contribution in [1.82, 2.24) is 14.9 Å². The molecule has 1 aliphatic carbocycles. The van der Waals surface area contributed by atoms with Crippen molar-refractivity contribution in [2.24, 2.45) is 0 Å². The molecule has 1 aliphatic rings. The summed E-state index contributed by atoms with van der Waals surface area (Å²) < 4.78 is 5.50. The van der Waals surface area contributed by atoms with E-state index in [1.807, 2.05) is 51.2 Å². The molecular weight excluding hydrogens is 350 g/mol. The van der Waals surface area contributed by atoms with Gasteiger partial charge in [0.05, 0.1) is 30.4 Å². The predicted molar refractivity (Wildman–Crippen MR) is 110 cm³/mol. The summed E-state index contributed by atoms with van der Waals surface area (Å²) in [5, 5.41) is 0.898. The summed E-state index contributed by atoms with van der Waals surface area (Å²) >= 11 is 0. The minimum Gasteiger partial charge on any atom is -0.496 e. The smallest absolute Gasteiger partial charge is 0.254 e. The number of nitrogens with zero attached hydrogens (tertiary/aromatic N) is 3. The highest BCUT2D eigenvalue weighted by Crippen LogP contribution is 2.40. The Morgan fingerprint density at radius 3 is 2.71 bits per heavy atom. The highest BCUT2D eigenvalue weighted by molar-refractivity contribution is 6.06. The van der Waals surface area contributed by atoms with E-state index in [1.54, 1.807) is 18.2 Å². The van der Waals surface area contributed by atoms with Gasteiger partial charge in [-0.15, -0.1) is 0 Å². The number of fused-ring (bicyclic) bond motifs is 1. The molecule has 5 nitrogen and oxygen atoms in total. The van der Waals surface area contributed by atoms with Gasteiger partial charge >= 0.3 is 0 Å². The van der Waals surface area contributed by atoms with Gasteiger partial charge in [0.25, 0.3) is 5.91 Å². The molecule has 0 radical (unpaired) electrons. The normalized spacial score (nSPS) is 13.6. The number of benzene rings is 1. The van der Waals surface area contributed by atoms with Gasteiger partial charge in [0, 0.05) is 41.4 Å². The SMILES string of the molecule is COc1c(C)cnc(CN(C)C(=O)c2cc(C3CC3)nc3ccccc23)c1C. The van der Waals surface area contributed by atoms with Crippen LogP contribution in [0.15, 0.2) is 36.5 Å². The Hall–Kier alpha value is -2.95. The van der Waals surface area contributed by atoms with E-state index in [4.69, 9.17) is 9.72 Å². The Labute approximate surface area is 165 Å². The number of para-hydroxylation sites is 1. The van der Waals surface area contributed by atoms with E-state index in [0.717, 1.165) is 52.0 Å². The molecule has 3 aromatic rings. The number of ether oxygens (including phenoxy) is 1. The van der Waals surface area contributed by atoms with Crippen LogP contribution in [-0.2, 0) is 6.54 Å². The molecule has 5 heteroatoms. The molecule has 144 valence electrons. The van der Waals surface area contributed by atoms with Crippen LogP contribution < -0.4 is 4.74 Å². The van der Waals surface area contributed by atoms with Gasteiger partial charge in [0.2, 0.25) is 0 Å². The van der Waals surface area contributed by atoms with Crippen molar-refractivity contribution in [3.63, 3.8) is 0 Å². The number of methoxy groups -OCH3 is 1. The van der Waals surface area contributed by atoms with Crippen LogP contribution in [0, 0.1) is 13.8 Å². The van der Waals surface area contributed by atoms with Gasteiger partial charge in [-0.1, -0.05) is 18.2 Å². The lowest BCUT2D eigenvalue weighted by molar-refractivity contribution is 0.0785. The van der Waals surface area contributed by atoms with Crippen molar-refractivity contribution in [2.75, 3.05) is 14.2 Å². The zero-order chi connectivity index (χ0) is 19.8. The lowest BCUT2D eigenvalue weighted by Gasteiger charge is -2.20. The van der Waals surface area contributed by atoms with Crippen molar-refractivity contribution in [1.29, 1.82) is 0 Å². The molecular formula is C23H25N3O2. The molecule has 0 spiro atoms. The number of rotatable bonds is 5. The maximum atomic E-state index is 13.3. The predicted octanol–water partition coefficient (Wildman–Crippen LogP) is 4.40. The summed E-state index contributed by atoms with van der Waals surface area (Å²) in [7, 11) is 3.48. The van der Waals surface area contributed by atoms with Crippen molar-refractivity contribution in [2.45, 2.75) is 39.2 Å². The maximum Gasteiger partial charge on any atom is 0.254 e. The van der Waals surface area contributed by atoms with Gasteiger partial charge < -0.3 is 9.64 Å². The summed E-state index contributed by atoms with van der Waals surface area (Å²) in [6.07, 6.45) is 4.11. The molecule has 2 heterocycles. The van der Waals surface area contributed by atoms with E-state index in [2.05, 4.69) is 4.98 Å². The molecule has 28 heavy (non-hydrogen) atoms. The van der Waals surface area contributed by atoms with Crippen LogP contribution in [0.2, 0.25) is 0 Å². The number of aryl methyl sites for hydroxylation is 1. The Balaban J connectivity index is 1.68. The highest BCUT2D eigenvalue weighted by atomic mass is 16.5. The standard InChI is InChI=1S/C23H25N3O2/c1-14-12-24-21(15(2)22(14)28-4)13-26(3)23(27)18-11-20(16-9-10-16)25-19-8-6-5-7-17(18)19/h5-8,11-12,16H,9-10,13H2,1-4H3. The molecule has 2 aromatic heterocycles. The first kappa shape index (κ1) is 18.4. The van der Waals surface area contributed by atoms with Gasteiger partial charge in [-0.2, -0.15) is 0 Å². The molecule has 0 saturated heterocycles. The van der Waals surface area contributed by atoms with E-state index in [0.29, 0.717) is 18.0 Å². The average molecular weight is 375 g/mol. The monoisotopic (exact) mass is 375 g/mol. The zero-order valence-electron chi connectivity index (χ0n) is 16.8. The van der Waals surface area contributed by atoms with Crippen LogP contribution >= 0.6 is 0 Å². The van der Waals surface area contributed by atoms with Gasteiger partial charge in [-0.25, -0.2) is 0 Å². The van der Waals surface area contributed by atoms with E-state index in [1.165, 1.54) is 0 Å². The first-order valence-electron chi connectivity index (χ1n) is 9.63. The third-order valence-electron chi connectivity index (χ3n) is 5.45. The largest absolute Gasteiger partial charge is 0.496 e. The van der Waals surface area contributed by atoms with Crippen LogP contribution in [0.5, 0.6) is 5.75 Å². The molecule has 1 amide bonds. The Morgan fingerprint density at radius 2 is 2.00 bits per heavy atom. The first-order chi connectivity index (χ1) is 13.5. The molecule has 0 atom stereocenters. The number of aromatic nitrogens is 2. The average Bonchev–Trinajstić information content (AvgIpc) is 3.54. The van der Waals surface area contributed by atoms with Gasteiger partial charge in [0.1, 0.15) is 5.75 Å². The summed E-state index contributed by atoms with van der Waals surface area (Å²) in [6, 6.07) is 9.85. The zero-order valence-corrected chi connectivity index (χ0v) is 16.8. The fourth-order valence-corrected chi connectivity index (χ4v) is 3.69. The topological polar surface area (TPSA) is 55.3 Å². The van der Waals surface area contributed by atoms with Crippen LogP contribution in [-0.4, -0.2) is 34.9 Å². The summed E-state index contributed by atoms with van der Waals surface area (Å²) in [5.74, 6) is 1.31. The van der Waals surface area contributed by atoms with E-state index in [9.17, 15) is 4.79 Å². The second-order valence-electron chi connectivity index (χ2n) is 7.59. The second-order valence-corrected chi connectivity index (χ2v) is 7.59. The molecule has 0 N–H and O–H groups in total. The van der Waals surface area contributed by atoms with Crippen molar-refractivity contribution >= 4 is 16.8 Å². The number of carbonyl (C=O) groups excluding carboxylic acids is 1. The van der Waals surface area contributed by atoms with E-state index < -0.39 is 0 Å². The number of pyridine rings is 2. The molecule has 0 unspecified atom stereocenters. The number of carbonyl (C=O) groups is 1. The highest BCUT2D eigenvalue weighted by Gasteiger charge is 2.27. The molecule has 1 saturated carbocycles. The number of amides is 1. The minimum absolute atomic E-state index is 0.0127. The summed E-state index contributed by atoms with van der Waals surface area (Å²) in [6.45, 7) is 4.39. The molecule has 4 rings (SSSR count). The third kappa shape index (κ3) is 3.33. The van der Waals surface area contributed by atoms with E-state index in [-0.39, 0.29) is 5.91 Å². The summed E-state index contributed by atoms with van der Waals surface area (Å²) in [5.41, 5.74) is 5.44. The quantitative estimate of drug-likeness (QED) is 0.663. The third-order valence-corrected chi connectivity index (χ3v) is 5.45. The maximum absolute atomic E-state index is 13.3. The molecule has 1 fully saturated rings. The molecule has 0 bridgehead atoms. The first-order valence-corrected chi connectivity index (χ1v) is 9.63. The summed E-state index contributed by atoms with van der Waals surface area (Å²) in [4.78, 5) is 24.4. The van der Waals surface area contributed by atoms with Crippen molar-refractivity contribution in [3.8, 4) is 5.75 Å². The van der Waals surface area contributed by atoms with Crippen molar-refractivity contribution < 1.29 is 9.53 Å². The van der Waals surface area contributed by atoms with Gasteiger partial charge in [-0.05, 0) is 38.8 Å². The minimum atomic E-state index is -0.0127. The molecule has 1 aromatic carbocycles. The molecule has 0 aliphatic heterocycles. The fourth-order valence-electron chi connectivity index (χ4n) is 3.69. The Bertz CT molecular complexity index is 1060. The lowest BCUT2D eigenvalue weighted by atomic mass is 10.0. The fraction of sp³-hybridized carbons (Fsp3) is 0.348. The number of hydrogen-bond donors (Lipinski definition) is 0. The van der Waals surface area contributed by atoms with E-state index >= 15 is 0 Å². The van der Waals surface area contributed by atoms with Crippen molar-refractivity contribution in [3.05, 3.63) is 64.6 Å². The van der Waals surface area contributed by atoms with Crippen LogP contribution in [0.3, 0.4) is 0 Å². The van der Waals surface area contributed by atoms with Crippen LogP contribution in [0.1, 0.15) is 51.6 Å². The lowest BCUT2D eigenvalue weighted by Crippen LogP contribution is -2.27.